The number of nitrogens with one attached hydrogen (secondary N) is 1. The van der Waals surface area contributed by atoms with E-state index in [0.29, 0.717) is 22.6 Å². The lowest BCUT2D eigenvalue weighted by molar-refractivity contribution is 0.509. The third-order valence-corrected chi connectivity index (χ3v) is 7.24. The van der Waals surface area contributed by atoms with Crippen LogP contribution in [0.5, 0.6) is 0 Å². The van der Waals surface area contributed by atoms with Gasteiger partial charge in [0.25, 0.3) is 5.89 Å². The minimum Gasteiger partial charge on any atom is -0.420 e. The van der Waals surface area contributed by atoms with Crippen LogP contribution in [0.15, 0.2) is 49.5 Å². The molecule has 130 valence electrons. The van der Waals surface area contributed by atoms with Crippen molar-refractivity contribution in [3.8, 4) is 10.8 Å². The van der Waals surface area contributed by atoms with Gasteiger partial charge in [0.05, 0.1) is 4.88 Å². The summed E-state index contributed by atoms with van der Waals surface area (Å²) in [5.74, 6) is 1.39. The highest BCUT2D eigenvalue weighted by Gasteiger charge is 2.30. The highest BCUT2D eigenvalue weighted by atomic mass is 79.9. The van der Waals surface area contributed by atoms with E-state index < -0.39 is 10.0 Å². The van der Waals surface area contributed by atoms with Gasteiger partial charge in [-0.2, -0.15) is 0 Å². The Morgan fingerprint density at radius 3 is 2.84 bits per heavy atom. The molecule has 1 aromatic carbocycles. The van der Waals surface area contributed by atoms with E-state index in [1.807, 2.05) is 24.3 Å². The van der Waals surface area contributed by atoms with Gasteiger partial charge in [0, 0.05) is 16.9 Å². The van der Waals surface area contributed by atoms with Gasteiger partial charge in [-0.15, -0.1) is 21.5 Å². The highest BCUT2D eigenvalue weighted by molar-refractivity contribution is 9.10. The minimum absolute atomic E-state index is 0.224. The monoisotopic (exact) mass is 439 g/mol. The Balaban J connectivity index is 1.49. The topological polar surface area (TPSA) is 85.1 Å². The highest BCUT2D eigenvalue weighted by Crippen LogP contribution is 2.40. The first-order chi connectivity index (χ1) is 12.0. The van der Waals surface area contributed by atoms with Crippen LogP contribution in [0.1, 0.15) is 30.2 Å². The Morgan fingerprint density at radius 1 is 1.24 bits per heavy atom. The smallest absolute Gasteiger partial charge is 0.257 e. The number of halogens is 1. The van der Waals surface area contributed by atoms with Gasteiger partial charge < -0.3 is 4.42 Å². The summed E-state index contributed by atoms with van der Waals surface area (Å²) < 4.78 is 34.3. The largest absolute Gasteiger partial charge is 0.420 e. The predicted molar refractivity (Wildman–Crippen MR) is 97.8 cm³/mol. The van der Waals surface area contributed by atoms with Gasteiger partial charge in [-0.25, -0.2) is 13.1 Å². The summed E-state index contributed by atoms with van der Waals surface area (Å²) in [4.78, 5) is 0.655. The zero-order chi connectivity index (χ0) is 17.4. The van der Waals surface area contributed by atoms with Crippen LogP contribution in [-0.2, 0) is 16.6 Å². The van der Waals surface area contributed by atoms with Gasteiger partial charge in [0.2, 0.25) is 15.9 Å². The van der Waals surface area contributed by atoms with Crippen molar-refractivity contribution in [2.75, 3.05) is 0 Å². The van der Waals surface area contributed by atoms with E-state index >= 15 is 0 Å². The first kappa shape index (κ1) is 16.9. The Kier molecular flexibility index (Phi) is 4.48. The van der Waals surface area contributed by atoms with Crippen molar-refractivity contribution in [1.29, 1.82) is 0 Å². The molecule has 0 spiro atoms. The Morgan fingerprint density at radius 2 is 2.08 bits per heavy atom. The summed E-state index contributed by atoms with van der Waals surface area (Å²) in [5.41, 5.74) is 0.876. The molecule has 1 N–H and O–H groups in total. The molecule has 0 atom stereocenters. The van der Waals surface area contributed by atoms with Crippen LogP contribution in [0.2, 0.25) is 0 Å². The summed E-state index contributed by atoms with van der Waals surface area (Å²) in [7, 11) is -3.59. The van der Waals surface area contributed by atoms with Crippen LogP contribution >= 0.6 is 27.3 Å². The number of aromatic nitrogens is 2. The van der Waals surface area contributed by atoms with Gasteiger partial charge in [-0.1, -0.05) is 28.1 Å². The van der Waals surface area contributed by atoms with Crippen LogP contribution in [0, 0.1) is 0 Å². The number of sulfonamides is 1. The number of rotatable bonds is 6. The van der Waals surface area contributed by atoms with Gasteiger partial charge >= 0.3 is 0 Å². The molecule has 0 amide bonds. The van der Waals surface area contributed by atoms with Gasteiger partial charge in [0.1, 0.15) is 4.21 Å². The van der Waals surface area contributed by atoms with Crippen molar-refractivity contribution in [3.63, 3.8) is 0 Å². The van der Waals surface area contributed by atoms with E-state index in [1.54, 1.807) is 12.1 Å². The maximum atomic E-state index is 12.5. The van der Waals surface area contributed by atoms with Crippen LogP contribution in [0.3, 0.4) is 0 Å². The fourth-order valence-corrected chi connectivity index (χ4v) is 5.04. The van der Waals surface area contributed by atoms with E-state index in [0.717, 1.165) is 34.2 Å². The van der Waals surface area contributed by atoms with Crippen molar-refractivity contribution in [1.82, 2.24) is 14.9 Å². The molecule has 1 aliphatic carbocycles. The second-order valence-electron chi connectivity index (χ2n) is 5.79. The summed E-state index contributed by atoms with van der Waals surface area (Å²) in [6.45, 7) is 0.224. The van der Waals surface area contributed by atoms with Crippen LogP contribution in [0.4, 0.5) is 0 Å². The number of hydrogen-bond donors (Lipinski definition) is 1. The molecule has 25 heavy (non-hydrogen) atoms. The van der Waals surface area contributed by atoms with Crippen LogP contribution in [-0.4, -0.2) is 18.6 Å². The molecule has 9 heteroatoms. The number of nitrogens with zero attached hydrogens (tertiary/aromatic N) is 2. The molecule has 4 rings (SSSR count). The fraction of sp³-hybridized carbons (Fsp3) is 0.250. The van der Waals surface area contributed by atoms with E-state index in [4.69, 9.17) is 4.42 Å². The van der Waals surface area contributed by atoms with E-state index in [-0.39, 0.29) is 10.8 Å². The molecule has 0 radical (unpaired) electrons. The van der Waals surface area contributed by atoms with Gasteiger partial charge in [0.15, 0.2) is 0 Å². The molecule has 3 aromatic rings. The van der Waals surface area contributed by atoms with E-state index in [9.17, 15) is 8.42 Å². The Bertz CT molecular complexity index is 1010. The summed E-state index contributed by atoms with van der Waals surface area (Å²) >= 11 is 4.50. The molecule has 0 unspecified atom stereocenters. The normalized spacial score (nSPS) is 14.8. The Hall–Kier alpha value is -1.55. The third-order valence-electron chi connectivity index (χ3n) is 3.78. The first-order valence-electron chi connectivity index (χ1n) is 7.69. The van der Waals surface area contributed by atoms with Gasteiger partial charge in [-0.05, 0) is 42.7 Å². The molecule has 6 nitrogen and oxygen atoms in total. The summed E-state index contributed by atoms with van der Waals surface area (Å²) in [6.07, 6.45) is 2.15. The summed E-state index contributed by atoms with van der Waals surface area (Å²) in [5, 5.41) is 8.05. The molecule has 2 heterocycles. The molecule has 1 fully saturated rings. The van der Waals surface area contributed by atoms with E-state index in [1.165, 1.54) is 0 Å². The maximum absolute atomic E-state index is 12.5. The standard InChI is InChI=1S/C16H14BrN3O3S2/c17-12-3-1-2-10(8-12)9-18-25(21,22)14-7-6-13(24-14)16-20-19-15(23-16)11-4-5-11/h1-3,6-8,11,18H,4-5,9H2. The predicted octanol–water partition coefficient (Wildman–Crippen LogP) is 3.92. The first-order valence-corrected chi connectivity index (χ1v) is 10.8. The zero-order valence-corrected chi connectivity index (χ0v) is 16.2. The SMILES string of the molecule is O=S(=O)(NCc1cccc(Br)c1)c1ccc(-c2nnc(C3CC3)o2)s1. The number of hydrogen-bond acceptors (Lipinski definition) is 6. The van der Waals surface area contributed by atoms with Crippen molar-refractivity contribution in [2.24, 2.45) is 0 Å². The maximum Gasteiger partial charge on any atom is 0.257 e. The summed E-state index contributed by atoms with van der Waals surface area (Å²) in [6, 6.07) is 10.8. The average Bonchev–Trinajstić information content (AvgIpc) is 3.11. The molecule has 1 aliphatic rings. The fourth-order valence-electron chi connectivity index (χ4n) is 2.31. The molecule has 0 saturated heterocycles. The van der Waals surface area contributed by atoms with Crippen LogP contribution < -0.4 is 4.72 Å². The minimum atomic E-state index is -3.59. The second kappa shape index (κ2) is 6.64. The molecule has 2 aromatic heterocycles. The van der Waals surface area contributed by atoms with Crippen molar-refractivity contribution in [3.05, 3.63) is 52.3 Å². The van der Waals surface area contributed by atoms with Crippen molar-refractivity contribution < 1.29 is 12.8 Å². The lowest BCUT2D eigenvalue weighted by Gasteiger charge is -2.05. The molecular weight excluding hydrogens is 426 g/mol. The molecule has 0 bridgehead atoms. The number of thiophene rings is 1. The second-order valence-corrected chi connectivity index (χ2v) is 9.79. The van der Waals surface area contributed by atoms with Gasteiger partial charge in [-0.3, -0.25) is 0 Å². The molecule has 1 saturated carbocycles. The quantitative estimate of drug-likeness (QED) is 0.628. The van der Waals surface area contributed by atoms with E-state index in [2.05, 4.69) is 30.8 Å². The number of benzene rings is 1. The van der Waals surface area contributed by atoms with Crippen molar-refractivity contribution in [2.45, 2.75) is 29.5 Å². The van der Waals surface area contributed by atoms with Crippen LogP contribution in [0.25, 0.3) is 10.8 Å². The average molecular weight is 440 g/mol. The Labute approximate surface area is 157 Å². The molecular formula is C16H14BrN3O3S2. The lowest BCUT2D eigenvalue weighted by Crippen LogP contribution is -2.22. The third kappa shape index (κ3) is 3.84. The molecule has 0 aliphatic heterocycles. The lowest BCUT2D eigenvalue weighted by atomic mass is 10.2. The van der Waals surface area contributed by atoms with Crippen molar-refractivity contribution >= 4 is 37.3 Å². The zero-order valence-electron chi connectivity index (χ0n) is 13.0.